The van der Waals surface area contributed by atoms with Crippen LogP contribution in [0, 0.1) is 0 Å². The number of aliphatic hydroxyl groups excluding tert-OH is 1. The first kappa shape index (κ1) is 16.5. The highest BCUT2D eigenvalue weighted by Gasteiger charge is 2.09. The molecule has 22 heavy (non-hydrogen) atoms. The third-order valence-electron chi connectivity index (χ3n) is 3.37. The van der Waals surface area contributed by atoms with Crippen molar-refractivity contribution in [3.63, 3.8) is 0 Å². The van der Waals surface area contributed by atoms with Crippen LogP contribution >= 0.6 is 0 Å². The molecule has 120 valence electrons. The Kier molecular flexibility index (Phi) is 5.94. The van der Waals surface area contributed by atoms with Crippen LogP contribution in [-0.2, 0) is 6.54 Å². The fourth-order valence-electron chi connectivity index (χ4n) is 2.31. The molecule has 0 saturated heterocycles. The second-order valence-electron chi connectivity index (χ2n) is 5.55. The Hall–Kier alpha value is -1.89. The van der Waals surface area contributed by atoms with E-state index in [1.54, 1.807) is 7.11 Å². The predicted molar refractivity (Wildman–Crippen MR) is 86.8 cm³/mol. The second-order valence-corrected chi connectivity index (χ2v) is 5.55. The van der Waals surface area contributed by atoms with Crippen LogP contribution in [0.25, 0.3) is 11.3 Å². The Balaban J connectivity index is 1.94. The highest BCUT2D eigenvalue weighted by molar-refractivity contribution is 5.63. The number of H-pyrrole nitrogens is 1. The number of aromatic nitrogens is 2. The van der Waals surface area contributed by atoms with Gasteiger partial charge in [-0.1, -0.05) is 0 Å². The summed E-state index contributed by atoms with van der Waals surface area (Å²) in [4.78, 5) is 1.97. The van der Waals surface area contributed by atoms with Gasteiger partial charge in [-0.05, 0) is 38.4 Å². The molecule has 0 aliphatic rings. The lowest BCUT2D eigenvalue weighted by Crippen LogP contribution is -2.34. The van der Waals surface area contributed by atoms with Crippen molar-refractivity contribution in [3.05, 3.63) is 36.0 Å². The van der Waals surface area contributed by atoms with Crippen molar-refractivity contribution in [1.29, 1.82) is 0 Å². The zero-order valence-corrected chi connectivity index (χ0v) is 13.3. The van der Waals surface area contributed by atoms with E-state index < -0.39 is 0 Å². The molecule has 1 aromatic heterocycles. The van der Waals surface area contributed by atoms with E-state index in [-0.39, 0.29) is 6.10 Å². The number of rotatable bonds is 8. The monoisotopic (exact) mass is 304 g/mol. The Morgan fingerprint density at radius 1 is 1.32 bits per heavy atom. The van der Waals surface area contributed by atoms with E-state index in [1.807, 2.05) is 49.5 Å². The molecule has 0 fully saturated rings. The van der Waals surface area contributed by atoms with Gasteiger partial charge < -0.3 is 20.1 Å². The number of hydrogen-bond donors (Lipinski definition) is 3. The molecular formula is C16H24N4O2. The standard InChI is InChI=1S/C16H24N4O2/c1-20(2)11-14(21)10-17-8-13-9-18-19-16(13)12-4-6-15(22-3)7-5-12/h4-7,9,14,17,21H,8,10-11H2,1-3H3,(H,18,19). The summed E-state index contributed by atoms with van der Waals surface area (Å²) in [5.41, 5.74) is 3.11. The van der Waals surface area contributed by atoms with Crippen LogP contribution in [0.2, 0.25) is 0 Å². The molecule has 0 saturated carbocycles. The highest BCUT2D eigenvalue weighted by Crippen LogP contribution is 2.23. The topological polar surface area (TPSA) is 73.4 Å². The summed E-state index contributed by atoms with van der Waals surface area (Å²) < 4.78 is 5.17. The first-order valence-corrected chi connectivity index (χ1v) is 7.30. The van der Waals surface area contributed by atoms with E-state index in [9.17, 15) is 5.11 Å². The minimum Gasteiger partial charge on any atom is -0.497 e. The molecular weight excluding hydrogens is 280 g/mol. The molecule has 2 rings (SSSR count). The smallest absolute Gasteiger partial charge is 0.118 e. The predicted octanol–water partition coefficient (Wildman–Crippen LogP) is 1.10. The summed E-state index contributed by atoms with van der Waals surface area (Å²) in [6, 6.07) is 7.84. The van der Waals surface area contributed by atoms with E-state index in [0.717, 1.165) is 22.6 Å². The van der Waals surface area contributed by atoms with Gasteiger partial charge in [0.1, 0.15) is 5.75 Å². The number of benzene rings is 1. The van der Waals surface area contributed by atoms with Gasteiger partial charge in [0.15, 0.2) is 0 Å². The maximum atomic E-state index is 9.85. The largest absolute Gasteiger partial charge is 0.497 e. The normalized spacial score (nSPS) is 12.6. The first-order chi connectivity index (χ1) is 10.6. The van der Waals surface area contributed by atoms with Gasteiger partial charge in [-0.15, -0.1) is 0 Å². The van der Waals surface area contributed by atoms with E-state index in [2.05, 4.69) is 15.5 Å². The van der Waals surface area contributed by atoms with Crippen LogP contribution < -0.4 is 10.1 Å². The number of methoxy groups -OCH3 is 1. The van der Waals surface area contributed by atoms with Crippen LogP contribution in [0.4, 0.5) is 0 Å². The van der Waals surface area contributed by atoms with Crippen molar-refractivity contribution in [2.24, 2.45) is 0 Å². The van der Waals surface area contributed by atoms with Crippen molar-refractivity contribution < 1.29 is 9.84 Å². The number of nitrogens with zero attached hydrogens (tertiary/aromatic N) is 2. The second kappa shape index (κ2) is 7.93. The molecule has 1 aromatic carbocycles. The molecule has 0 spiro atoms. The molecule has 0 aliphatic carbocycles. The van der Waals surface area contributed by atoms with Crippen molar-refractivity contribution >= 4 is 0 Å². The Labute approximate surface area is 131 Å². The third kappa shape index (κ3) is 4.56. The maximum absolute atomic E-state index is 9.85. The van der Waals surface area contributed by atoms with Gasteiger partial charge in [-0.2, -0.15) is 5.10 Å². The summed E-state index contributed by atoms with van der Waals surface area (Å²) in [7, 11) is 5.54. The molecule has 1 atom stereocenters. The van der Waals surface area contributed by atoms with Gasteiger partial charge in [0, 0.05) is 30.8 Å². The van der Waals surface area contributed by atoms with Gasteiger partial charge in [0.2, 0.25) is 0 Å². The van der Waals surface area contributed by atoms with Crippen LogP contribution in [0.1, 0.15) is 5.56 Å². The van der Waals surface area contributed by atoms with Crippen molar-refractivity contribution in [2.75, 3.05) is 34.3 Å². The molecule has 1 heterocycles. The molecule has 2 aromatic rings. The van der Waals surface area contributed by atoms with Gasteiger partial charge >= 0.3 is 0 Å². The number of likely N-dealkylation sites (N-methyl/N-ethyl adjacent to an activating group) is 1. The van der Waals surface area contributed by atoms with Crippen molar-refractivity contribution in [1.82, 2.24) is 20.4 Å². The van der Waals surface area contributed by atoms with Crippen LogP contribution in [0.3, 0.4) is 0 Å². The van der Waals surface area contributed by atoms with Gasteiger partial charge in [0.05, 0.1) is 25.1 Å². The Bertz CT molecular complexity index is 566. The van der Waals surface area contributed by atoms with Gasteiger partial charge in [-0.3, -0.25) is 5.10 Å². The average Bonchev–Trinajstić information content (AvgIpc) is 2.95. The summed E-state index contributed by atoms with van der Waals surface area (Å²) in [5.74, 6) is 0.828. The molecule has 0 bridgehead atoms. The lowest BCUT2D eigenvalue weighted by Gasteiger charge is -2.16. The van der Waals surface area contributed by atoms with E-state index in [4.69, 9.17) is 4.74 Å². The van der Waals surface area contributed by atoms with Crippen molar-refractivity contribution in [3.8, 4) is 17.0 Å². The summed E-state index contributed by atoms with van der Waals surface area (Å²) in [5, 5.41) is 20.3. The number of nitrogens with one attached hydrogen (secondary N) is 2. The van der Waals surface area contributed by atoms with Crippen LogP contribution in [0.5, 0.6) is 5.75 Å². The number of hydrogen-bond acceptors (Lipinski definition) is 5. The fourth-order valence-corrected chi connectivity index (χ4v) is 2.31. The lowest BCUT2D eigenvalue weighted by molar-refractivity contribution is 0.134. The zero-order valence-electron chi connectivity index (χ0n) is 13.3. The molecule has 0 amide bonds. The minimum atomic E-state index is -0.383. The highest BCUT2D eigenvalue weighted by atomic mass is 16.5. The van der Waals surface area contributed by atoms with Gasteiger partial charge in [0.25, 0.3) is 0 Å². The maximum Gasteiger partial charge on any atom is 0.118 e. The molecule has 0 aliphatic heterocycles. The number of ether oxygens (including phenoxy) is 1. The Morgan fingerprint density at radius 3 is 2.68 bits per heavy atom. The van der Waals surface area contributed by atoms with E-state index in [0.29, 0.717) is 19.6 Å². The number of aliphatic hydroxyl groups is 1. The summed E-state index contributed by atoms with van der Waals surface area (Å²) in [6.45, 7) is 1.84. The summed E-state index contributed by atoms with van der Waals surface area (Å²) in [6.07, 6.45) is 1.43. The van der Waals surface area contributed by atoms with Crippen LogP contribution in [-0.4, -0.2) is 60.6 Å². The van der Waals surface area contributed by atoms with Crippen molar-refractivity contribution in [2.45, 2.75) is 12.6 Å². The SMILES string of the molecule is COc1ccc(-c2[nH]ncc2CNCC(O)CN(C)C)cc1. The quantitative estimate of drug-likeness (QED) is 0.681. The minimum absolute atomic E-state index is 0.383. The van der Waals surface area contributed by atoms with E-state index >= 15 is 0 Å². The Morgan fingerprint density at radius 2 is 2.05 bits per heavy atom. The first-order valence-electron chi connectivity index (χ1n) is 7.30. The molecule has 0 radical (unpaired) electrons. The molecule has 1 unspecified atom stereocenters. The molecule has 3 N–H and O–H groups in total. The number of aromatic amines is 1. The zero-order chi connectivity index (χ0) is 15.9. The average molecular weight is 304 g/mol. The molecule has 6 heteroatoms. The lowest BCUT2D eigenvalue weighted by atomic mass is 10.1. The van der Waals surface area contributed by atoms with E-state index in [1.165, 1.54) is 0 Å². The third-order valence-corrected chi connectivity index (χ3v) is 3.37. The molecule has 6 nitrogen and oxygen atoms in total. The fraction of sp³-hybridized carbons (Fsp3) is 0.438. The summed E-state index contributed by atoms with van der Waals surface area (Å²) >= 11 is 0. The van der Waals surface area contributed by atoms with Crippen LogP contribution in [0.15, 0.2) is 30.5 Å². The van der Waals surface area contributed by atoms with Gasteiger partial charge in [-0.25, -0.2) is 0 Å².